The molecular formula is C29H30N4O6. The summed E-state index contributed by atoms with van der Waals surface area (Å²) in [6.07, 6.45) is 2.15. The van der Waals surface area contributed by atoms with Crippen LogP contribution in [0.5, 0.6) is 5.75 Å². The first-order valence-corrected chi connectivity index (χ1v) is 13.0. The van der Waals surface area contributed by atoms with Gasteiger partial charge in [0, 0.05) is 32.2 Å². The van der Waals surface area contributed by atoms with Crippen LogP contribution in [0.15, 0.2) is 71.3 Å². The standard InChI is InChI=1S/C29H30N4O6/c1-2-20(18-8-4-3-5-9-18)30-23-24(27(36)26(23)35)31-21-11-6-10-19(25(21)34)28(37)32-13-15-33(16-14-32)29(38)22-12-7-17-39-22/h3-12,17,20,23-24,30-31,34H,2,13-16H2,1H3/t20-,23?,24-/m1/s1. The number of furan rings is 1. The van der Waals surface area contributed by atoms with Gasteiger partial charge in [-0.25, -0.2) is 0 Å². The monoisotopic (exact) mass is 530 g/mol. The van der Waals surface area contributed by atoms with Crippen LogP contribution in [-0.2, 0) is 9.59 Å². The molecule has 2 heterocycles. The molecule has 2 amide bonds. The molecule has 3 aromatic rings. The van der Waals surface area contributed by atoms with Gasteiger partial charge >= 0.3 is 0 Å². The van der Waals surface area contributed by atoms with Crippen LogP contribution in [0.4, 0.5) is 5.69 Å². The highest BCUT2D eigenvalue weighted by Gasteiger charge is 2.50. The summed E-state index contributed by atoms with van der Waals surface area (Å²) >= 11 is 0. The smallest absolute Gasteiger partial charge is 0.289 e. The van der Waals surface area contributed by atoms with Crippen molar-refractivity contribution in [3.05, 3.63) is 83.8 Å². The molecule has 1 aliphatic heterocycles. The largest absolute Gasteiger partial charge is 0.505 e. The van der Waals surface area contributed by atoms with Crippen LogP contribution in [0.25, 0.3) is 0 Å². The number of nitrogens with zero attached hydrogens (tertiary/aromatic N) is 2. The molecule has 1 saturated carbocycles. The van der Waals surface area contributed by atoms with Gasteiger partial charge in [-0.2, -0.15) is 0 Å². The van der Waals surface area contributed by atoms with Crippen LogP contribution in [-0.4, -0.2) is 76.5 Å². The van der Waals surface area contributed by atoms with Gasteiger partial charge in [-0.3, -0.25) is 24.5 Å². The molecule has 5 rings (SSSR count). The minimum Gasteiger partial charge on any atom is -0.505 e. The first-order chi connectivity index (χ1) is 18.9. The lowest BCUT2D eigenvalue weighted by Gasteiger charge is -2.37. The van der Waals surface area contributed by atoms with Gasteiger partial charge < -0.3 is 24.6 Å². The van der Waals surface area contributed by atoms with E-state index < -0.39 is 23.7 Å². The Morgan fingerprint density at radius 3 is 2.21 bits per heavy atom. The summed E-state index contributed by atoms with van der Waals surface area (Å²) in [4.78, 5) is 53.9. The average Bonchev–Trinajstić information content (AvgIpc) is 3.52. The average molecular weight is 531 g/mol. The molecule has 3 N–H and O–H groups in total. The number of para-hydroxylation sites is 1. The summed E-state index contributed by atoms with van der Waals surface area (Å²) in [5.74, 6) is -1.77. The number of benzene rings is 2. The third-order valence-electron chi connectivity index (χ3n) is 7.30. The SMILES string of the molecule is CC[C@@H](NC1C(=O)C(=O)[C@@H]1Nc1cccc(C(=O)N2CCN(C(=O)c3ccco3)CC2)c1O)c1ccccc1. The molecule has 0 bridgehead atoms. The number of rotatable bonds is 8. The maximum Gasteiger partial charge on any atom is 0.289 e. The number of phenolic OH excluding ortho intramolecular Hbond substituents is 1. The van der Waals surface area contributed by atoms with Crippen LogP contribution in [0, 0.1) is 0 Å². The number of anilines is 1. The second kappa shape index (κ2) is 11.1. The highest BCUT2D eigenvalue weighted by Crippen LogP contribution is 2.32. The fraction of sp³-hybridized carbons (Fsp3) is 0.310. The molecule has 1 saturated heterocycles. The molecule has 10 nitrogen and oxygen atoms in total. The number of hydrogen-bond acceptors (Lipinski definition) is 8. The lowest BCUT2D eigenvalue weighted by molar-refractivity contribution is -0.145. The molecule has 0 spiro atoms. The van der Waals surface area contributed by atoms with E-state index in [0.717, 1.165) is 5.56 Å². The second-order valence-electron chi connectivity index (χ2n) is 9.63. The summed E-state index contributed by atoms with van der Waals surface area (Å²) in [6, 6.07) is 15.8. The number of phenols is 1. The van der Waals surface area contributed by atoms with E-state index in [4.69, 9.17) is 4.42 Å². The van der Waals surface area contributed by atoms with Crippen molar-refractivity contribution >= 4 is 29.1 Å². The number of carbonyl (C=O) groups is 4. The molecule has 39 heavy (non-hydrogen) atoms. The number of nitrogens with one attached hydrogen (secondary N) is 2. The lowest BCUT2D eigenvalue weighted by atomic mass is 9.81. The zero-order chi connectivity index (χ0) is 27.5. The van der Waals surface area contributed by atoms with Crippen molar-refractivity contribution in [3.8, 4) is 5.75 Å². The molecule has 1 aliphatic carbocycles. The molecule has 2 aromatic carbocycles. The Bertz CT molecular complexity index is 1370. The van der Waals surface area contributed by atoms with Crippen molar-refractivity contribution in [3.63, 3.8) is 0 Å². The second-order valence-corrected chi connectivity index (χ2v) is 9.63. The van der Waals surface area contributed by atoms with Crippen LogP contribution < -0.4 is 10.6 Å². The number of piperazine rings is 1. The van der Waals surface area contributed by atoms with E-state index in [9.17, 15) is 24.3 Å². The Labute approximate surface area is 225 Å². The number of Topliss-reactive ketones (excluding diaryl/α,β-unsaturated/α-hetero) is 2. The van der Waals surface area contributed by atoms with Crippen LogP contribution in [0.1, 0.15) is 45.9 Å². The normalized spacial score (nSPS) is 19.9. The molecule has 1 unspecified atom stereocenters. The van der Waals surface area contributed by atoms with Crippen molar-refractivity contribution in [1.82, 2.24) is 15.1 Å². The van der Waals surface area contributed by atoms with Gasteiger partial charge in [0.15, 0.2) is 11.5 Å². The van der Waals surface area contributed by atoms with Crippen molar-refractivity contribution in [2.45, 2.75) is 31.5 Å². The fourth-order valence-corrected chi connectivity index (χ4v) is 5.02. The van der Waals surface area contributed by atoms with Gasteiger partial charge in [-0.1, -0.05) is 43.3 Å². The van der Waals surface area contributed by atoms with E-state index in [0.29, 0.717) is 32.6 Å². The first kappa shape index (κ1) is 26.2. The maximum absolute atomic E-state index is 13.3. The summed E-state index contributed by atoms with van der Waals surface area (Å²) < 4.78 is 5.18. The Morgan fingerprint density at radius 1 is 0.897 bits per heavy atom. The van der Waals surface area contributed by atoms with Gasteiger partial charge in [0.1, 0.15) is 12.1 Å². The van der Waals surface area contributed by atoms with E-state index in [-0.39, 0.29) is 40.6 Å². The van der Waals surface area contributed by atoms with E-state index in [1.54, 1.807) is 34.1 Å². The zero-order valence-electron chi connectivity index (χ0n) is 21.5. The fourth-order valence-electron chi connectivity index (χ4n) is 5.02. The quantitative estimate of drug-likeness (QED) is 0.299. The molecule has 2 aliphatic rings. The maximum atomic E-state index is 13.3. The zero-order valence-corrected chi connectivity index (χ0v) is 21.5. The minimum absolute atomic E-state index is 0.0733. The van der Waals surface area contributed by atoms with Crippen LogP contribution in [0.3, 0.4) is 0 Å². The van der Waals surface area contributed by atoms with E-state index in [2.05, 4.69) is 10.6 Å². The Hall–Kier alpha value is -4.44. The molecule has 0 radical (unpaired) electrons. The molecular weight excluding hydrogens is 500 g/mol. The third kappa shape index (κ3) is 5.15. The number of amides is 2. The number of ketones is 2. The molecule has 1 aromatic heterocycles. The number of carbonyl (C=O) groups excluding carboxylic acids is 4. The summed E-state index contributed by atoms with van der Waals surface area (Å²) in [7, 11) is 0. The molecule has 202 valence electrons. The third-order valence-corrected chi connectivity index (χ3v) is 7.30. The first-order valence-electron chi connectivity index (χ1n) is 13.0. The van der Waals surface area contributed by atoms with Crippen molar-refractivity contribution in [2.24, 2.45) is 0 Å². The summed E-state index contributed by atoms with van der Waals surface area (Å²) in [6.45, 7) is 3.24. The van der Waals surface area contributed by atoms with Gasteiger partial charge in [0.2, 0.25) is 11.6 Å². The molecule has 10 heteroatoms. The van der Waals surface area contributed by atoms with Gasteiger partial charge in [-0.15, -0.1) is 0 Å². The predicted octanol–water partition coefficient (Wildman–Crippen LogP) is 2.63. The van der Waals surface area contributed by atoms with Crippen LogP contribution in [0.2, 0.25) is 0 Å². The van der Waals surface area contributed by atoms with Gasteiger partial charge in [-0.05, 0) is 36.2 Å². The minimum atomic E-state index is -0.873. The van der Waals surface area contributed by atoms with Crippen molar-refractivity contribution in [2.75, 3.05) is 31.5 Å². The summed E-state index contributed by atoms with van der Waals surface area (Å²) in [5, 5.41) is 17.2. The van der Waals surface area contributed by atoms with Crippen molar-refractivity contribution in [1.29, 1.82) is 0 Å². The Morgan fingerprint density at radius 2 is 1.56 bits per heavy atom. The number of aromatic hydroxyl groups is 1. The van der Waals surface area contributed by atoms with E-state index >= 15 is 0 Å². The summed E-state index contributed by atoms with van der Waals surface area (Å²) in [5.41, 5.74) is 1.27. The number of hydrogen-bond donors (Lipinski definition) is 3. The Kier molecular flexibility index (Phi) is 7.47. The molecule has 3 atom stereocenters. The van der Waals surface area contributed by atoms with E-state index in [1.165, 1.54) is 12.3 Å². The highest BCUT2D eigenvalue weighted by molar-refractivity contribution is 6.49. The Balaban J connectivity index is 1.25. The highest BCUT2D eigenvalue weighted by atomic mass is 16.3. The topological polar surface area (TPSA) is 132 Å². The lowest BCUT2D eigenvalue weighted by Crippen LogP contribution is -2.67. The predicted molar refractivity (Wildman–Crippen MR) is 142 cm³/mol. The van der Waals surface area contributed by atoms with E-state index in [1.807, 2.05) is 37.3 Å². The van der Waals surface area contributed by atoms with Crippen molar-refractivity contribution < 1.29 is 28.7 Å². The van der Waals surface area contributed by atoms with Gasteiger partial charge in [0.25, 0.3) is 11.8 Å². The van der Waals surface area contributed by atoms with Crippen LogP contribution >= 0.6 is 0 Å². The molecule has 2 fully saturated rings. The van der Waals surface area contributed by atoms with Gasteiger partial charge in [0.05, 0.1) is 17.5 Å².